The van der Waals surface area contributed by atoms with Crippen molar-refractivity contribution < 1.29 is 4.20 Å². The monoisotopic (exact) mass is 2300 g/mol. The first-order chi connectivity index (χ1) is 33.2. The van der Waals surface area contributed by atoms with E-state index in [2.05, 4.69) is 321 Å². The summed E-state index contributed by atoms with van der Waals surface area (Å²) in [5.41, 5.74) is 0. The summed E-state index contributed by atoms with van der Waals surface area (Å²) in [5.74, 6) is 0. The van der Waals surface area contributed by atoms with Crippen LogP contribution in [0.3, 0.4) is 0 Å². The molecule has 0 aliphatic carbocycles. The number of hydrogen-bond acceptors (Lipinski definition) is 0. The number of halogens is 1. The van der Waals surface area contributed by atoms with Crippen molar-refractivity contribution in [2.24, 2.45) is 0 Å². The predicted octanol–water partition coefficient (Wildman–Crippen LogP) is 42.2. The molecular weight excluding hydrogens is 2230 g/mol. The highest BCUT2D eigenvalue weighted by molar-refractivity contribution is 9.44. The minimum atomic E-state index is -0.895. The molecule has 0 heterocycles. The molecule has 40 unspecified atom stereocenters. The molecule has 73 heavy (non-hydrogen) atoms. The number of rotatable bonds is 35. The van der Waals surface area contributed by atoms with E-state index in [1.807, 2.05) is 0 Å². The summed E-state index contributed by atoms with van der Waals surface area (Å²) in [4.78, 5) is 0. The lowest BCUT2D eigenvalue weighted by Gasteiger charge is -2.62. The lowest BCUT2D eigenvalue weighted by Crippen LogP contribution is -1.96. The second kappa shape index (κ2) is 56.6. The third kappa shape index (κ3) is 36.4. The van der Waals surface area contributed by atoms with Gasteiger partial charge in [-0.3, -0.25) is 8.58 Å². The fourth-order valence-corrected chi connectivity index (χ4v) is 891. The molecule has 0 bridgehead atoms. The molecule has 0 aromatic heterocycles. The predicted molar refractivity (Wildman–Crippen MR) is 597 cm³/mol. The average Bonchev–Trinajstić information content (AvgIpc) is 3.17. The van der Waals surface area contributed by atoms with Gasteiger partial charge in [0.2, 0.25) is 0 Å². The first-order valence-electron chi connectivity index (χ1n) is 16.6. The zero-order valence-electron chi connectivity index (χ0n) is 37.4. The average molecular weight is 2300 g/mol. The van der Waals surface area contributed by atoms with E-state index >= 15 is 4.20 Å². The molecule has 0 aliphatic heterocycles. The Hall–Kier alpha value is 30.5. The van der Waals surface area contributed by atoms with Gasteiger partial charge in [-0.05, 0) is 225 Å². The van der Waals surface area contributed by atoms with Crippen LogP contribution in [-0.2, 0) is 0 Å². The van der Waals surface area contributed by atoms with E-state index in [-0.39, 0.29) is 106 Å². The summed E-state index contributed by atoms with van der Waals surface area (Å²) in [6.07, 6.45) is 0. The molecule has 40 atom stereocenters. The Labute approximate surface area is 569 Å². The third-order valence-corrected chi connectivity index (χ3v) is 466. The molecule has 0 aromatic carbocycles. The Morgan fingerprint density at radius 1 is 0.178 bits per heavy atom. The molecule has 0 fully saturated rings. The Morgan fingerprint density at radius 3 is 0.438 bits per heavy atom. The van der Waals surface area contributed by atoms with Crippen LogP contribution in [0.4, 0.5) is 4.20 Å². The molecule has 0 amide bonds. The van der Waals surface area contributed by atoms with Crippen molar-refractivity contribution in [2.45, 2.75) is 5.14 Å². The van der Waals surface area contributed by atoms with Crippen LogP contribution in [0.2, 0.25) is 0 Å². The minimum Gasteiger partial charge on any atom is -0.461 e. The van der Waals surface area contributed by atoms with Crippen molar-refractivity contribution in [3.63, 3.8) is 0 Å². The van der Waals surface area contributed by atoms with Crippen LogP contribution in [0, 0.1) is 0 Å². The van der Waals surface area contributed by atoms with E-state index in [1.54, 1.807) is 0 Å². The largest absolute Gasteiger partial charge is 0.461 e. The zero-order valence-corrected chi connectivity index (χ0v) is 110. The van der Waals surface area contributed by atoms with Gasteiger partial charge in [-0.25, -0.2) is 0 Å². The van der Waals surface area contributed by atoms with E-state index in [0.717, 1.165) is 0 Å². The van der Waals surface area contributed by atoms with Crippen LogP contribution < -0.4 is 0 Å². The standard InChI is InChI=1S/CH73FP71/c2-39-61(43(3)4)64(48(13)14)41(65(68(49(15)16)50(17)18)69(51(19)20)52(21)22)1(40(62(44(5)6)45(7)8)63(46(9)10)47(11)12)42(66(70(53(23)24)54(25)26)71(55(27)28)56(29)30)67(72(57(31)32)58(33)34)73(59(35)36)60(37)38/h1H,3-38H2/q-1. The van der Waals surface area contributed by atoms with Gasteiger partial charge in [0.05, 0.1) is 0 Å². The molecule has 0 saturated carbocycles. The molecule has 0 aliphatic rings. The normalized spacial score (nSPS) is 16.3. The molecule has 0 saturated heterocycles. The first kappa shape index (κ1) is 103. The summed E-state index contributed by atoms with van der Waals surface area (Å²) in [6, 6.07) is 0. The van der Waals surface area contributed by atoms with Gasteiger partial charge in [-0.2, -0.15) is 6.99 Å². The molecule has 0 spiro atoms. The molecule has 0 nitrogen and oxygen atoms in total. The van der Waals surface area contributed by atoms with Crippen molar-refractivity contribution in [3.8, 4) is 0 Å². The Bertz CT molecular complexity index is 1220. The van der Waals surface area contributed by atoms with E-state index in [0.29, 0.717) is 5.14 Å². The topological polar surface area (TPSA) is 0 Å². The van der Waals surface area contributed by atoms with E-state index in [1.165, 1.54) is 0 Å². The molecule has 0 rings (SSSR count). The quantitative estimate of drug-likeness (QED) is 0.0555. The van der Waals surface area contributed by atoms with Crippen LogP contribution in [0.1, 0.15) is 0 Å². The van der Waals surface area contributed by atoms with Crippen molar-refractivity contribution in [2.75, 3.05) is 0 Å². The SMILES string of the molecule is F[P-]P(P(P)P)P(P(P)P)P(C(P(P(P(P)P)P(P)P)P(P(P)P)P(P)P)P(P(P(P(P)P)P(P)P)P(P(P)P)P(P)P)P(P(P(P)P)P(P)P)P(P(P)P)P(P)P)P(P(P(P)P)P(P)P)P(P(P)P)P(P)P. The summed E-state index contributed by atoms with van der Waals surface area (Å²) < 4.78 is 17.4. The van der Waals surface area contributed by atoms with Gasteiger partial charge in [0.1, 0.15) is 0 Å². The lowest BCUT2D eigenvalue weighted by molar-refractivity contribution is 0.936. The first-order valence-corrected chi connectivity index (χ1v) is 144. The summed E-state index contributed by atoms with van der Waals surface area (Å²) in [6.45, 7) is -13.4. The van der Waals surface area contributed by atoms with Crippen LogP contribution in [-0.4, -0.2) is 5.14 Å². The fraction of sp³-hybridized carbons (Fsp3) is 1.00. The zero-order chi connectivity index (χ0) is 57.9. The maximum absolute atomic E-state index is 17.4. The van der Waals surface area contributed by atoms with Gasteiger partial charge in [0, 0.05) is 5.14 Å². The molecular formula is CH73FP71-. The highest BCUT2D eigenvalue weighted by Crippen LogP contribution is 3.44. The number of hydrogen-bond donors (Lipinski definition) is 0. The highest BCUT2D eigenvalue weighted by Gasteiger charge is 2.63. The Morgan fingerprint density at radius 2 is 0.315 bits per heavy atom. The molecule has 0 N–H and O–H groups in total. The van der Waals surface area contributed by atoms with Gasteiger partial charge in [-0.1, -0.05) is 6.99 Å². The van der Waals surface area contributed by atoms with E-state index < -0.39 is 141 Å². The maximum atomic E-state index is 17.4. The minimum absolute atomic E-state index is 0.210. The second-order valence-corrected chi connectivity index (χ2v) is 296. The van der Waals surface area contributed by atoms with Crippen molar-refractivity contribution in [1.82, 2.24) is 0 Å². The third-order valence-electron chi connectivity index (χ3n) is 6.63. The van der Waals surface area contributed by atoms with Crippen LogP contribution in [0.15, 0.2) is 0 Å². The Balaban J connectivity index is 12.0. The summed E-state index contributed by atoms with van der Waals surface area (Å²) >= 11 is 0. The van der Waals surface area contributed by atoms with Crippen molar-refractivity contribution in [3.05, 3.63) is 0 Å². The molecule has 0 aromatic rings. The van der Waals surface area contributed by atoms with E-state index in [9.17, 15) is 0 Å². The molecule has 72 heteroatoms. The van der Waals surface area contributed by atoms with Crippen molar-refractivity contribution in [1.29, 1.82) is 0 Å². The second-order valence-electron chi connectivity index (χ2n) is 11.7. The van der Waals surface area contributed by atoms with Crippen molar-refractivity contribution >= 4 is 569 Å². The molecule has 0 radical (unpaired) electrons. The molecule has 440 valence electrons. The van der Waals surface area contributed by atoms with Gasteiger partial charge in [0.25, 0.3) is 0 Å². The maximum Gasteiger partial charge on any atom is 0.0465 e. The van der Waals surface area contributed by atoms with E-state index in [4.69, 9.17) is 0 Å². The summed E-state index contributed by atoms with van der Waals surface area (Å²) in [7, 11) is 127. The van der Waals surface area contributed by atoms with Crippen LogP contribution in [0.5, 0.6) is 0 Å². The van der Waals surface area contributed by atoms with Gasteiger partial charge in [-0.15, -0.1) is 321 Å². The van der Waals surface area contributed by atoms with Gasteiger partial charge >= 0.3 is 0 Å². The van der Waals surface area contributed by atoms with Crippen LogP contribution in [0.25, 0.3) is 0 Å². The smallest absolute Gasteiger partial charge is 0.0465 e. The van der Waals surface area contributed by atoms with Gasteiger partial charge in [0.15, 0.2) is 0 Å². The van der Waals surface area contributed by atoms with Crippen LogP contribution >= 0.6 is 569 Å². The Kier molecular flexibility index (Phi) is 80.3. The fourth-order valence-electron chi connectivity index (χ4n) is 4.68. The summed E-state index contributed by atoms with van der Waals surface area (Å²) in [5, 5.41) is 0.711. The highest BCUT2D eigenvalue weighted by atomic mass is 33.5. The lowest BCUT2D eigenvalue weighted by atomic mass is 11.9. The van der Waals surface area contributed by atoms with Gasteiger partial charge < -0.3 is 4.20 Å².